The summed E-state index contributed by atoms with van der Waals surface area (Å²) >= 11 is 12.0. The quantitative estimate of drug-likeness (QED) is 0.772. The predicted octanol–water partition coefficient (Wildman–Crippen LogP) is 4.80. The molecule has 2 amide bonds. The van der Waals surface area contributed by atoms with Crippen LogP contribution in [0.4, 0.5) is 5.69 Å². The molecule has 1 aliphatic rings. The van der Waals surface area contributed by atoms with E-state index >= 15 is 0 Å². The van der Waals surface area contributed by atoms with Crippen LogP contribution in [0.15, 0.2) is 36.4 Å². The minimum absolute atomic E-state index is 0.0888. The Morgan fingerprint density at radius 2 is 1.89 bits per heavy atom. The summed E-state index contributed by atoms with van der Waals surface area (Å²) in [6, 6.07) is 10.3. The largest absolute Gasteiger partial charge is 0.495 e. The van der Waals surface area contributed by atoms with Gasteiger partial charge >= 0.3 is 0 Å². The molecule has 0 aromatic heterocycles. The van der Waals surface area contributed by atoms with Crippen molar-refractivity contribution in [2.24, 2.45) is 5.92 Å². The average molecular weight is 421 g/mol. The van der Waals surface area contributed by atoms with E-state index in [1.807, 2.05) is 6.92 Å². The first-order valence-electron chi connectivity index (χ1n) is 9.09. The van der Waals surface area contributed by atoms with Crippen LogP contribution < -0.4 is 10.1 Å². The standard InChI is InChI=1S/C21H22Cl2N2O3/c1-13-10-18(19(28-2)11-17(13)23)24-20(26)15-4-3-9-25(12-15)21(27)14-5-7-16(22)8-6-14/h5-8,10-11,15H,3-4,9,12H2,1-2H3,(H,24,26)/t15-/m0/s1. The molecule has 1 N–H and O–H groups in total. The summed E-state index contributed by atoms with van der Waals surface area (Å²) in [5, 5.41) is 4.09. The van der Waals surface area contributed by atoms with Gasteiger partial charge in [0.25, 0.3) is 5.91 Å². The molecule has 28 heavy (non-hydrogen) atoms. The Hall–Kier alpha value is -2.24. The van der Waals surface area contributed by atoms with E-state index in [2.05, 4.69) is 5.32 Å². The number of ether oxygens (including phenoxy) is 1. The molecule has 7 heteroatoms. The fraction of sp³-hybridized carbons (Fsp3) is 0.333. The highest BCUT2D eigenvalue weighted by atomic mass is 35.5. The highest BCUT2D eigenvalue weighted by Gasteiger charge is 2.29. The van der Waals surface area contributed by atoms with Gasteiger partial charge < -0.3 is 15.0 Å². The maximum atomic E-state index is 12.8. The van der Waals surface area contributed by atoms with Crippen LogP contribution in [0, 0.1) is 12.8 Å². The second kappa shape index (κ2) is 8.84. The monoisotopic (exact) mass is 420 g/mol. The number of methoxy groups -OCH3 is 1. The Bertz CT molecular complexity index is 884. The summed E-state index contributed by atoms with van der Waals surface area (Å²) in [5.41, 5.74) is 2.00. The summed E-state index contributed by atoms with van der Waals surface area (Å²) in [6.07, 6.45) is 1.50. The van der Waals surface area contributed by atoms with Gasteiger partial charge in [0.1, 0.15) is 5.75 Å². The van der Waals surface area contributed by atoms with Crippen LogP contribution in [-0.4, -0.2) is 36.9 Å². The number of benzene rings is 2. The number of halogens is 2. The summed E-state index contributed by atoms with van der Waals surface area (Å²) in [7, 11) is 1.53. The van der Waals surface area contributed by atoms with Crippen molar-refractivity contribution >= 4 is 40.7 Å². The number of rotatable bonds is 4. The number of piperidine rings is 1. The first kappa shape index (κ1) is 20.5. The second-order valence-corrected chi connectivity index (χ2v) is 7.73. The first-order valence-corrected chi connectivity index (χ1v) is 9.84. The average Bonchev–Trinajstić information content (AvgIpc) is 2.70. The number of nitrogens with zero attached hydrogens (tertiary/aromatic N) is 1. The van der Waals surface area contributed by atoms with Crippen molar-refractivity contribution in [2.45, 2.75) is 19.8 Å². The number of carbonyl (C=O) groups is 2. The third-order valence-corrected chi connectivity index (χ3v) is 5.57. The zero-order valence-corrected chi connectivity index (χ0v) is 17.3. The molecule has 2 aromatic carbocycles. The Morgan fingerprint density at radius 1 is 1.18 bits per heavy atom. The van der Waals surface area contributed by atoms with Crippen molar-refractivity contribution in [3.8, 4) is 5.75 Å². The number of carbonyl (C=O) groups excluding carboxylic acids is 2. The lowest BCUT2D eigenvalue weighted by Gasteiger charge is -2.32. The minimum Gasteiger partial charge on any atom is -0.495 e. The van der Waals surface area contributed by atoms with Crippen molar-refractivity contribution in [1.82, 2.24) is 4.90 Å². The molecule has 5 nitrogen and oxygen atoms in total. The van der Waals surface area contributed by atoms with Crippen LogP contribution in [0.25, 0.3) is 0 Å². The lowest BCUT2D eigenvalue weighted by molar-refractivity contribution is -0.121. The third-order valence-electron chi connectivity index (χ3n) is 4.91. The summed E-state index contributed by atoms with van der Waals surface area (Å²) in [5.74, 6) is 0.00209. The Morgan fingerprint density at radius 3 is 2.57 bits per heavy atom. The summed E-state index contributed by atoms with van der Waals surface area (Å²) < 4.78 is 5.32. The van der Waals surface area contributed by atoms with E-state index in [0.717, 1.165) is 18.4 Å². The van der Waals surface area contributed by atoms with Crippen LogP contribution in [0.5, 0.6) is 5.75 Å². The zero-order valence-electron chi connectivity index (χ0n) is 15.8. The van der Waals surface area contributed by atoms with Crippen LogP contribution in [0.1, 0.15) is 28.8 Å². The fourth-order valence-electron chi connectivity index (χ4n) is 3.32. The Labute approximate surface area is 174 Å². The Balaban J connectivity index is 1.70. The Kier molecular flexibility index (Phi) is 6.47. The molecular weight excluding hydrogens is 399 g/mol. The highest BCUT2D eigenvalue weighted by molar-refractivity contribution is 6.31. The van der Waals surface area contributed by atoms with E-state index < -0.39 is 0 Å². The zero-order chi connectivity index (χ0) is 20.3. The maximum absolute atomic E-state index is 12.8. The number of aryl methyl sites for hydroxylation is 1. The van der Waals surface area contributed by atoms with Gasteiger partial charge in [-0.05, 0) is 55.7 Å². The van der Waals surface area contributed by atoms with Crippen molar-refractivity contribution in [3.63, 3.8) is 0 Å². The van der Waals surface area contributed by atoms with Crippen LogP contribution in [-0.2, 0) is 4.79 Å². The lowest BCUT2D eigenvalue weighted by Crippen LogP contribution is -2.43. The van der Waals surface area contributed by atoms with Crippen molar-refractivity contribution < 1.29 is 14.3 Å². The van der Waals surface area contributed by atoms with E-state index in [1.54, 1.807) is 41.3 Å². The number of anilines is 1. The van der Waals surface area contributed by atoms with E-state index in [-0.39, 0.29) is 17.7 Å². The molecular formula is C21H22Cl2N2O3. The topological polar surface area (TPSA) is 58.6 Å². The van der Waals surface area contributed by atoms with Gasteiger partial charge in [-0.3, -0.25) is 9.59 Å². The molecule has 0 spiro atoms. The van der Waals surface area contributed by atoms with Gasteiger partial charge in [-0.15, -0.1) is 0 Å². The number of hydrogen-bond donors (Lipinski definition) is 1. The van der Waals surface area contributed by atoms with E-state index in [0.29, 0.717) is 40.1 Å². The van der Waals surface area contributed by atoms with Crippen LogP contribution in [0.3, 0.4) is 0 Å². The van der Waals surface area contributed by atoms with Gasteiger partial charge in [0.15, 0.2) is 0 Å². The van der Waals surface area contributed by atoms with Gasteiger partial charge in [0.2, 0.25) is 5.91 Å². The minimum atomic E-state index is -0.286. The summed E-state index contributed by atoms with van der Waals surface area (Å²) in [6.45, 7) is 2.88. The SMILES string of the molecule is COc1cc(Cl)c(C)cc1NC(=O)[C@H]1CCCN(C(=O)c2ccc(Cl)cc2)C1. The third kappa shape index (κ3) is 4.59. The molecule has 1 heterocycles. The predicted molar refractivity (Wildman–Crippen MR) is 111 cm³/mol. The van der Waals surface area contributed by atoms with Crippen molar-refractivity contribution in [3.05, 3.63) is 57.6 Å². The normalized spacial score (nSPS) is 16.6. The molecule has 2 aromatic rings. The first-order chi connectivity index (χ1) is 13.4. The lowest BCUT2D eigenvalue weighted by atomic mass is 9.96. The molecule has 0 saturated carbocycles. The molecule has 0 aliphatic carbocycles. The van der Waals surface area contributed by atoms with Gasteiger partial charge in [-0.25, -0.2) is 0 Å². The molecule has 1 atom stereocenters. The smallest absolute Gasteiger partial charge is 0.253 e. The number of hydrogen-bond acceptors (Lipinski definition) is 3. The van der Waals surface area contributed by atoms with Crippen LogP contribution in [0.2, 0.25) is 10.0 Å². The molecule has 1 fully saturated rings. The molecule has 1 saturated heterocycles. The molecule has 0 unspecified atom stereocenters. The number of amides is 2. The second-order valence-electron chi connectivity index (χ2n) is 6.89. The fourth-order valence-corrected chi connectivity index (χ4v) is 3.59. The van der Waals surface area contributed by atoms with E-state index in [1.165, 1.54) is 7.11 Å². The molecule has 3 rings (SSSR count). The van der Waals surface area contributed by atoms with E-state index in [4.69, 9.17) is 27.9 Å². The van der Waals surface area contributed by atoms with Gasteiger partial charge in [0.05, 0.1) is 18.7 Å². The molecule has 148 valence electrons. The van der Waals surface area contributed by atoms with Crippen LogP contribution >= 0.6 is 23.2 Å². The molecule has 0 radical (unpaired) electrons. The van der Waals surface area contributed by atoms with Crippen molar-refractivity contribution in [2.75, 3.05) is 25.5 Å². The van der Waals surface area contributed by atoms with E-state index in [9.17, 15) is 9.59 Å². The highest BCUT2D eigenvalue weighted by Crippen LogP contribution is 2.32. The summed E-state index contributed by atoms with van der Waals surface area (Å²) in [4.78, 5) is 27.3. The van der Waals surface area contributed by atoms with Gasteiger partial charge in [-0.2, -0.15) is 0 Å². The molecule has 1 aliphatic heterocycles. The molecule has 0 bridgehead atoms. The van der Waals surface area contributed by atoms with Gasteiger partial charge in [-0.1, -0.05) is 23.2 Å². The number of nitrogens with one attached hydrogen (secondary N) is 1. The maximum Gasteiger partial charge on any atom is 0.253 e. The number of likely N-dealkylation sites (tertiary alicyclic amines) is 1. The van der Waals surface area contributed by atoms with Gasteiger partial charge in [0, 0.05) is 34.8 Å². The van der Waals surface area contributed by atoms with Crippen molar-refractivity contribution in [1.29, 1.82) is 0 Å².